The number of hydrogen-bond donors (Lipinski definition) is 1. The maximum atomic E-state index is 5.13. The monoisotopic (exact) mass is 305 g/mol. The number of nitrogens with zero attached hydrogens (tertiary/aromatic N) is 2. The summed E-state index contributed by atoms with van der Waals surface area (Å²) < 4.78 is 7.18. The van der Waals surface area contributed by atoms with Gasteiger partial charge in [-0.05, 0) is 32.5 Å². The molecule has 0 saturated heterocycles. The van der Waals surface area contributed by atoms with E-state index in [9.17, 15) is 0 Å². The Morgan fingerprint density at radius 3 is 2.71 bits per heavy atom. The minimum atomic E-state index is 0.798. The van der Waals surface area contributed by atoms with Crippen LogP contribution in [0.2, 0.25) is 0 Å². The van der Waals surface area contributed by atoms with Crippen molar-refractivity contribution in [3.05, 3.63) is 41.6 Å². The second-order valence-electron chi connectivity index (χ2n) is 4.84. The fraction of sp³-hybridized carbons (Fsp3) is 0.438. The highest BCUT2D eigenvalue weighted by Crippen LogP contribution is 2.28. The van der Waals surface area contributed by atoms with Gasteiger partial charge in [-0.15, -0.1) is 11.8 Å². The lowest BCUT2D eigenvalue weighted by molar-refractivity contribution is 0.200. The first kappa shape index (κ1) is 16.1. The molecular formula is C16H23N3OS. The van der Waals surface area contributed by atoms with Crippen molar-refractivity contribution >= 4 is 11.8 Å². The fourth-order valence-electron chi connectivity index (χ4n) is 2.18. The third-order valence-corrected chi connectivity index (χ3v) is 4.41. The predicted molar refractivity (Wildman–Crippen MR) is 88.3 cm³/mol. The first-order chi connectivity index (χ1) is 10.3. The lowest BCUT2D eigenvalue weighted by atomic mass is 10.2. The highest BCUT2D eigenvalue weighted by atomic mass is 32.2. The molecule has 114 valence electrons. The molecule has 0 amide bonds. The van der Waals surface area contributed by atoms with Crippen molar-refractivity contribution in [1.29, 1.82) is 0 Å². The number of methoxy groups -OCH3 is 1. The SMILES string of the molecule is CNCc1c(C)nn(-c2ccccc2)c1SCCCOC. The zero-order valence-corrected chi connectivity index (χ0v) is 13.7. The van der Waals surface area contributed by atoms with E-state index in [0.29, 0.717) is 0 Å². The summed E-state index contributed by atoms with van der Waals surface area (Å²) in [5.41, 5.74) is 3.48. The lowest BCUT2D eigenvalue weighted by Crippen LogP contribution is -2.07. The number of para-hydroxylation sites is 1. The van der Waals surface area contributed by atoms with Crippen LogP contribution in [-0.4, -0.2) is 36.3 Å². The van der Waals surface area contributed by atoms with E-state index >= 15 is 0 Å². The summed E-state index contributed by atoms with van der Waals surface area (Å²) in [5, 5.41) is 9.19. The number of rotatable bonds is 8. The molecule has 0 aliphatic heterocycles. The Bertz CT molecular complexity index is 554. The van der Waals surface area contributed by atoms with Gasteiger partial charge in [-0.2, -0.15) is 5.10 Å². The van der Waals surface area contributed by atoms with E-state index in [0.717, 1.165) is 36.7 Å². The first-order valence-corrected chi connectivity index (χ1v) is 8.16. The summed E-state index contributed by atoms with van der Waals surface area (Å²) >= 11 is 1.85. The third kappa shape index (κ3) is 4.09. The average Bonchev–Trinajstić information content (AvgIpc) is 2.82. The molecule has 0 spiro atoms. The zero-order chi connectivity index (χ0) is 15.1. The van der Waals surface area contributed by atoms with Crippen molar-refractivity contribution in [1.82, 2.24) is 15.1 Å². The van der Waals surface area contributed by atoms with E-state index in [2.05, 4.69) is 29.1 Å². The second kappa shape index (κ2) is 8.22. The Hall–Kier alpha value is -1.30. The third-order valence-electron chi connectivity index (χ3n) is 3.22. The molecule has 0 unspecified atom stereocenters. The van der Waals surface area contributed by atoms with Gasteiger partial charge in [0.25, 0.3) is 0 Å². The van der Waals surface area contributed by atoms with Crippen LogP contribution in [-0.2, 0) is 11.3 Å². The van der Waals surface area contributed by atoms with Crippen LogP contribution in [0.1, 0.15) is 17.7 Å². The van der Waals surface area contributed by atoms with Crippen molar-refractivity contribution in [2.45, 2.75) is 24.9 Å². The highest BCUT2D eigenvalue weighted by molar-refractivity contribution is 7.99. The summed E-state index contributed by atoms with van der Waals surface area (Å²) in [7, 11) is 3.72. The van der Waals surface area contributed by atoms with Crippen LogP contribution in [0, 0.1) is 6.92 Å². The van der Waals surface area contributed by atoms with E-state index in [1.807, 2.05) is 37.0 Å². The van der Waals surface area contributed by atoms with Crippen molar-refractivity contribution in [2.24, 2.45) is 0 Å². The highest BCUT2D eigenvalue weighted by Gasteiger charge is 2.16. The fourth-order valence-corrected chi connectivity index (χ4v) is 3.30. The summed E-state index contributed by atoms with van der Waals surface area (Å²) in [6.07, 6.45) is 1.04. The molecule has 5 heteroatoms. The molecule has 0 aliphatic carbocycles. The number of ether oxygens (including phenoxy) is 1. The van der Waals surface area contributed by atoms with Gasteiger partial charge in [-0.25, -0.2) is 4.68 Å². The number of benzene rings is 1. The lowest BCUT2D eigenvalue weighted by Gasteiger charge is -2.09. The number of aryl methyl sites for hydroxylation is 1. The molecule has 1 aromatic carbocycles. The number of nitrogens with one attached hydrogen (secondary N) is 1. The maximum absolute atomic E-state index is 5.13. The molecule has 4 nitrogen and oxygen atoms in total. The Morgan fingerprint density at radius 2 is 2.05 bits per heavy atom. The van der Waals surface area contributed by atoms with Gasteiger partial charge < -0.3 is 10.1 Å². The standard InChI is InChI=1S/C16H23N3OS/c1-13-15(12-17-2)16(21-11-7-10-20-3)19(18-13)14-8-5-4-6-9-14/h4-6,8-9,17H,7,10-12H2,1-3H3. The number of hydrogen-bond acceptors (Lipinski definition) is 4. The van der Waals surface area contributed by atoms with E-state index in [1.165, 1.54) is 10.6 Å². The molecular weight excluding hydrogens is 282 g/mol. The Labute approximate surface area is 130 Å². The van der Waals surface area contributed by atoms with E-state index in [-0.39, 0.29) is 0 Å². The Balaban J connectivity index is 2.28. The Morgan fingerprint density at radius 1 is 1.29 bits per heavy atom. The predicted octanol–water partition coefficient (Wildman–Crippen LogP) is 3.03. The second-order valence-corrected chi connectivity index (χ2v) is 5.93. The molecule has 21 heavy (non-hydrogen) atoms. The minimum absolute atomic E-state index is 0.798. The first-order valence-electron chi connectivity index (χ1n) is 7.18. The molecule has 0 bridgehead atoms. The summed E-state index contributed by atoms with van der Waals surface area (Å²) in [6, 6.07) is 10.3. The van der Waals surface area contributed by atoms with Gasteiger partial charge in [0, 0.05) is 31.6 Å². The molecule has 1 N–H and O–H groups in total. The molecule has 0 fully saturated rings. The van der Waals surface area contributed by atoms with Crippen LogP contribution in [0.15, 0.2) is 35.4 Å². The molecule has 1 heterocycles. The Kier molecular flexibility index (Phi) is 6.29. The van der Waals surface area contributed by atoms with Crippen molar-refractivity contribution in [3.63, 3.8) is 0 Å². The molecule has 2 rings (SSSR count). The van der Waals surface area contributed by atoms with Crippen LogP contribution in [0.4, 0.5) is 0 Å². The zero-order valence-electron chi connectivity index (χ0n) is 12.9. The van der Waals surface area contributed by atoms with E-state index in [1.54, 1.807) is 7.11 Å². The van der Waals surface area contributed by atoms with Crippen molar-refractivity contribution in [2.75, 3.05) is 26.5 Å². The summed E-state index contributed by atoms with van der Waals surface area (Å²) in [5.74, 6) is 1.03. The molecule has 0 aliphatic rings. The largest absolute Gasteiger partial charge is 0.385 e. The number of aromatic nitrogens is 2. The number of thioether (sulfide) groups is 1. The van der Waals surface area contributed by atoms with E-state index < -0.39 is 0 Å². The van der Waals surface area contributed by atoms with Gasteiger partial charge in [0.05, 0.1) is 11.4 Å². The van der Waals surface area contributed by atoms with Crippen LogP contribution in [0.5, 0.6) is 0 Å². The summed E-state index contributed by atoms with van der Waals surface area (Å²) in [4.78, 5) is 0. The average molecular weight is 305 g/mol. The van der Waals surface area contributed by atoms with Gasteiger partial charge >= 0.3 is 0 Å². The van der Waals surface area contributed by atoms with Crippen LogP contribution in [0.3, 0.4) is 0 Å². The minimum Gasteiger partial charge on any atom is -0.385 e. The molecule has 0 saturated carbocycles. The van der Waals surface area contributed by atoms with Gasteiger partial charge in [0.1, 0.15) is 5.03 Å². The van der Waals surface area contributed by atoms with Gasteiger partial charge in [-0.3, -0.25) is 0 Å². The normalized spacial score (nSPS) is 11.0. The van der Waals surface area contributed by atoms with Gasteiger partial charge in [-0.1, -0.05) is 18.2 Å². The molecule has 1 aromatic heterocycles. The quantitative estimate of drug-likeness (QED) is 0.601. The van der Waals surface area contributed by atoms with Crippen molar-refractivity contribution < 1.29 is 4.74 Å². The smallest absolute Gasteiger partial charge is 0.105 e. The molecule has 2 aromatic rings. The van der Waals surface area contributed by atoms with Crippen LogP contribution in [0.25, 0.3) is 5.69 Å². The summed E-state index contributed by atoms with van der Waals surface area (Å²) in [6.45, 7) is 3.71. The van der Waals surface area contributed by atoms with Crippen molar-refractivity contribution in [3.8, 4) is 5.69 Å². The maximum Gasteiger partial charge on any atom is 0.105 e. The molecule has 0 radical (unpaired) electrons. The van der Waals surface area contributed by atoms with Gasteiger partial charge in [0.2, 0.25) is 0 Å². The van der Waals surface area contributed by atoms with Gasteiger partial charge in [0.15, 0.2) is 0 Å². The van der Waals surface area contributed by atoms with Crippen LogP contribution >= 0.6 is 11.8 Å². The topological polar surface area (TPSA) is 39.1 Å². The molecule has 0 atom stereocenters. The van der Waals surface area contributed by atoms with E-state index in [4.69, 9.17) is 9.84 Å². The van der Waals surface area contributed by atoms with Crippen LogP contribution < -0.4 is 5.32 Å².